The average Bonchev–Trinajstić information content (AvgIpc) is 3.27. The van der Waals surface area contributed by atoms with Crippen molar-refractivity contribution in [2.24, 2.45) is 0 Å². The number of fused-ring (bicyclic) bond motifs is 1. The number of hydrogen-bond donors (Lipinski definition) is 2. The minimum Gasteiger partial charge on any atom is -0.477 e. The monoisotopic (exact) mass is 459 g/mol. The minimum absolute atomic E-state index is 0.0934. The number of alkyl halides is 3. The molecule has 0 bridgehead atoms. The molecule has 2 aromatic carbocycles. The lowest BCUT2D eigenvalue weighted by Gasteiger charge is -2.27. The maximum absolute atomic E-state index is 12.8. The molecule has 2 N–H and O–H groups in total. The van der Waals surface area contributed by atoms with Crippen LogP contribution in [0.3, 0.4) is 0 Å². The number of ether oxygens (including phenoxy) is 2. The van der Waals surface area contributed by atoms with Gasteiger partial charge in [-0.2, -0.15) is 0 Å². The van der Waals surface area contributed by atoms with Gasteiger partial charge >= 0.3 is 6.36 Å². The summed E-state index contributed by atoms with van der Waals surface area (Å²) in [6.07, 6.45) is -3.25. The van der Waals surface area contributed by atoms with E-state index in [4.69, 9.17) is 4.74 Å². The molecular weight excluding hydrogens is 435 g/mol. The Morgan fingerprint density at radius 1 is 1.24 bits per heavy atom. The zero-order valence-electron chi connectivity index (χ0n) is 18.1. The van der Waals surface area contributed by atoms with E-state index >= 15 is 0 Å². The van der Waals surface area contributed by atoms with E-state index in [0.29, 0.717) is 17.9 Å². The SMILES string of the molecule is Cc1ccc(NC(=O)C2CNc3cc(OC(F)(F)F)ccc3O2)c(C#CCN2CCCC2)c1. The quantitative estimate of drug-likeness (QED) is 0.673. The van der Waals surface area contributed by atoms with Crippen molar-refractivity contribution < 1.29 is 27.4 Å². The van der Waals surface area contributed by atoms with E-state index in [1.54, 1.807) is 6.07 Å². The molecule has 0 spiro atoms. The van der Waals surface area contributed by atoms with E-state index in [9.17, 15) is 18.0 Å². The predicted octanol–water partition coefficient (Wildman–Crippen LogP) is 4.15. The van der Waals surface area contributed by atoms with Crippen molar-refractivity contribution in [2.45, 2.75) is 32.2 Å². The zero-order valence-corrected chi connectivity index (χ0v) is 18.1. The van der Waals surface area contributed by atoms with Gasteiger partial charge in [-0.1, -0.05) is 17.9 Å². The lowest BCUT2D eigenvalue weighted by atomic mass is 10.1. The fourth-order valence-corrected chi connectivity index (χ4v) is 3.76. The smallest absolute Gasteiger partial charge is 0.477 e. The largest absolute Gasteiger partial charge is 0.573 e. The molecule has 2 aliphatic rings. The van der Waals surface area contributed by atoms with Gasteiger partial charge in [-0.15, -0.1) is 13.2 Å². The van der Waals surface area contributed by atoms with Crippen molar-refractivity contribution in [3.8, 4) is 23.3 Å². The third-order valence-electron chi connectivity index (χ3n) is 5.38. The normalized spacial score (nSPS) is 17.8. The van der Waals surface area contributed by atoms with Gasteiger partial charge in [0.25, 0.3) is 5.91 Å². The van der Waals surface area contributed by atoms with Crippen LogP contribution in [0.25, 0.3) is 0 Å². The Morgan fingerprint density at radius 2 is 2.03 bits per heavy atom. The van der Waals surface area contributed by atoms with Gasteiger partial charge in [-0.3, -0.25) is 9.69 Å². The number of halogens is 3. The van der Waals surface area contributed by atoms with E-state index < -0.39 is 12.5 Å². The fourth-order valence-electron chi connectivity index (χ4n) is 3.76. The molecule has 6 nitrogen and oxygen atoms in total. The molecule has 2 aromatic rings. The first-order valence-corrected chi connectivity index (χ1v) is 10.7. The first kappa shape index (κ1) is 22.8. The molecule has 174 valence electrons. The van der Waals surface area contributed by atoms with Crippen LogP contribution in [0.4, 0.5) is 24.5 Å². The van der Waals surface area contributed by atoms with Crippen LogP contribution in [0.2, 0.25) is 0 Å². The average molecular weight is 459 g/mol. The van der Waals surface area contributed by atoms with Gasteiger partial charge in [0.05, 0.1) is 24.5 Å². The number of likely N-dealkylation sites (tertiary alicyclic amines) is 1. The van der Waals surface area contributed by atoms with Gasteiger partial charge in [0, 0.05) is 11.6 Å². The number of anilines is 2. The highest BCUT2D eigenvalue weighted by atomic mass is 19.4. The van der Waals surface area contributed by atoms with Crippen LogP contribution in [0.15, 0.2) is 36.4 Å². The molecular formula is C24H24F3N3O3. The number of nitrogens with one attached hydrogen (secondary N) is 2. The van der Waals surface area contributed by atoms with E-state index in [0.717, 1.165) is 30.3 Å². The van der Waals surface area contributed by atoms with Crippen molar-refractivity contribution in [1.82, 2.24) is 4.90 Å². The molecule has 33 heavy (non-hydrogen) atoms. The molecule has 1 saturated heterocycles. The van der Waals surface area contributed by atoms with E-state index in [2.05, 4.69) is 32.1 Å². The lowest BCUT2D eigenvalue weighted by Crippen LogP contribution is -2.41. The number of benzene rings is 2. The van der Waals surface area contributed by atoms with Gasteiger partial charge in [0.15, 0.2) is 6.10 Å². The fraction of sp³-hybridized carbons (Fsp3) is 0.375. The highest BCUT2D eigenvalue weighted by Gasteiger charge is 2.32. The second-order valence-electron chi connectivity index (χ2n) is 8.02. The minimum atomic E-state index is -4.78. The summed E-state index contributed by atoms with van der Waals surface area (Å²) in [4.78, 5) is 15.1. The summed E-state index contributed by atoms with van der Waals surface area (Å²) < 4.78 is 46.9. The van der Waals surface area contributed by atoms with Crippen LogP contribution in [0, 0.1) is 18.8 Å². The van der Waals surface area contributed by atoms with Crippen molar-refractivity contribution in [3.05, 3.63) is 47.5 Å². The summed E-state index contributed by atoms with van der Waals surface area (Å²) in [6, 6.07) is 9.28. The molecule has 0 saturated carbocycles. The van der Waals surface area contributed by atoms with E-state index in [-0.39, 0.29) is 24.0 Å². The Labute approximate surface area is 190 Å². The number of aryl methyl sites for hydroxylation is 1. The van der Waals surface area contributed by atoms with Crippen LogP contribution >= 0.6 is 0 Å². The second-order valence-corrected chi connectivity index (χ2v) is 8.02. The second kappa shape index (κ2) is 9.63. The molecule has 1 atom stereocenters. The van der Waals surface area contributed by atoms with Crippen LogP contribution in [0.1, 0.15) is 24.0 Å². The first-order valence-electron chi connectivity index (χ1n) is 10.7. The number of carbonyl (C=O) groups is 1. The number of nitrogens with zero attached hydrogens (tertiary/aromatic N) is 1. The molecule has 4 rings (SSSR count). The molecule has 2 aliphatic heterocycles. The molecule has 1 unspecified atom stereocenters. The summed E-state index contributed by atoms with van der Waals surface area (Å²) in [7, 11) is 0. The van der Waals surface area contributed by atoms with Gasteiger partial charge in [0.1, 0.15) is 11.5 Å². The highest BCUT2D eigenvalue weighted by molar-refractivity contribution is 5.96. The van der Waals surface area contributed by atoms with Crippen LogP contribution in [-0.4, -0.2) is 49.5 Å². The molecule has 0 aromatic heterocycles. The third-order valence-corrected chi connectivity index (χ3v) is 5.38. The standard InChI is InChI=1S/C24H24F3N3O3/c1-16-6-8-19(17(13-16)5-4-12-30-10-2-3-11-30)29-23(31)22-15-28-20-14-18(33-24(25,26)27)7-9-21(20)32-22/h6-9,13-14,22,28H,2-3,10-12,15H2,1H3,(H,29,31). The maximum Gasteiger partial charge on any atom is 0.573 e. The van der Waals surface area contributed by atoms with Crippen LogP contribution in [0.5, 0.6) is 11.5 Å². The Kier molecular flexibility index (Phi) is 6.65. The van der Waals surface area contributed by atoms with E-state index in [1.807, 2.05) is 19.1 Å². The summed E-state index contributed by atoms with van der Waals surface area (Å²) in [5.41, 5.74) is 2.66. The third kappa shape index (κ3) is 6.11. The van der Waals surface area contributed by atoms with Crippen molar-refractivity contribution >= 4 is 17.3 Å². The summed E-state index contributed by atoms with van der Waals surface area (Å²) >= 11 is 0. The van der Waals surface area contributed by atoms with Crippen LogP contribution < -0.4 is 20.1 Å². The topological polar surface area (TPSA) is 62.8 Å². The Morgan fingerprint density at radius 3 is 2.79 bits per heavy atom. The number of amides is 1. The summed E-state index contributed by atoms with van der Waals surface area (Å²) in [5, 5.41) is 5.79. The zero-order chi connectivity index (χ0) is 23.4. The summed E-state index contributed by atoms with van der Waals surface area (Å²) in [6.45, 7) is 4.86. The maximum atomic E-state index is 12.8. The number of hydrogen-bond acceptors (Lipinski definition) is 5. The Hall–Kier alpha value is -3.38. The number of rotatable bonds is 4. The van der Waals surface area contributed by atoms with Gasteiger partial charge in [-0.25, -0.2) is 0 Å². The molecule has 0 radical (unpaired) electrons. The van der Waals surface area contributed by atoms with Gasteiger partial charge in [-0.05, 0) is 62.7 Å². The predicted molar refractivity (Wildman–Crippen MR) is 118 cm³/mol. The first-order chi connectivity index (χ1) is 15.8. The van der Waals surface area contributed by atoms with Gasteiger partial charge in [0.2, 0.25) is 0 Å². The molecule has 1 fully saturated rings. The van der Waals surface area contributed by atoms with Gasteiger partial charge < -0.3 is 20.1 Å². The summed E-state index contributed by atoms with van der Waals surface area (Å²) in [5.74, 6) is 5.87. The molecule has 0 aliphatic carbocycles. The Balaban J connectivity index is 1.42. The van der Waals surface area contributed by atoms with E-state index in [1.165, 1.54) is 25.0 Å². The molecule has 9 heteroatoms. The Bertz CT molecular complexity index is 1090. The number of carbonyl (C=O) groups excluding carboxylic acids is 1. The van der Waals surface area contributed by atoms with Crippen molar-refractivity contribution in [2.75, 3.05) is 36.8 Å². The lowest BCUT2D eigenvalue weighted by molar-refractivity contribution is -0.274. The van der Waals surface area contributed by atoms with Crippen molar-refractivity contribution in [1.29, 1.82) is 0 Å². The van der Waals surface area contributed by atoms with Crippen LogP contribution in [-0.2, 0) is 4.79 Å². The van der Waals surface area contributed by atoms with Crippen molar-refractivity contribution in [3.63, 3.8) is 0 Å². The molecule has 2 heterocycles. The highest BCUT2D eigenvalue weighted by Crippen LogP contribution is 2.35. The molecule has 1 amide bonds.